The molecule has 1 aromatic heterocycles. The van der Waals surface area contributed by atoms with Crippen LogP contribution in [0.25, 0.3) is 0 Å². The van der Waals surface area contributed by atoms with Gasteiger partial charge in [-0.05, 0) is 49.9 Å². The van der Waals surface area contributed by atoms with E-state index in [4.69, 9.17) is 0 Å². The number of carbonyl (C=O) groups excluding carboxylic acids is 2. The molecule has 2 amide bonds. The lowest BCUT2D eigenvalue weighted by Crippen LogP contribution is -2.31. The van der Waals surface area contributed by atoms with E-state index in [0.717, 1.165) is 42.1 Å². The molecular formula is C21H28N4O2. The Morgan fingerprint density at radius 1 is 1.26 bits per heavy atom. The van der Waals surface area contributed by atoms with Crippen molar-refractivity contribution in [3.63, 3.8) is 0 Å². The highest BCUT2D eigenvalue weighted by Crippen LogP contribution is 2.21. The first-order valence-corrected chi connectivity index (χ1v) is 9.59. The van der Waals surface area contributed by atoms with Crippen molar-refractivity contribution in [2.45, 2.75) is 46.6 Å². The third-order valence-corrected chi connectivity index (χ3v) is 4.92. The molecule has 6 nitrogen and oxygen atoms in total. The second-order valence-electron chi connectivity index (χ2n) is 7.51. The highest BCUT2D eigenvalue weighted by molar-refractivity contribution is 5.95. The van der Waals surface area contributed by atoms with Gasteiger partial charge in [0.25, 0.3) is 0 Å². The van der Waals surface area contributed by atoms with Crippen molar-refractivity contribution in [2.75, 3.05) is 18.0 Å². The molecule has 0 unspecified atom stereocenters. The molecule has 0 saturated carbocycles. The zero-order valence-electron chi connectivity index (χ0n) is 16.4. The van der Waals surface area contributed by atoms with Crippen molar-refractivity contribution in [2.24, 2.45) is 5.92 Å². The van der Waals surface area contributed by atoms with E-state index < -0.39 is 0 Å². The summed E-state index contributed by atoms with van der Waals surface area (Å²) in [6.07, 6.45) is 1.89. The van der Waals surface area contributed by atoms with Crippen LogP contribution in [0.4, 0.5) is 5.69 Å². The molecule has 1 aliphatic heterocycles. The summed E-state index contributed by atoms with van der Waals surface area (Å²) in [7, 11) is 0. The largest absolute Gasteiger partial charge is 0.355 e. The number of nitrogens with zero attached hydrogens (tertiary/aromatic N) is 3. The van der Waals surface area contributed by atoms with Gasteiger partial charge in [0, 0.05) is 37.4 Å². The van der Waals surface area contributed by atoms with E-state index in [-0.39, 0.29) is 11.8 Å². The topological polar surface area (TPSA) is 67.2 Å². The average molecular weight is 368 g/mol. The summed E-state index contributed by atoms with van der Waals surface area (Å²) in [5, 5.41) is 7.48. The van der Waals surface area contributed by atoms with Gasteiger partial charge >= 0.3 is 0 Å². The highest BCUT2D eigenvalue weighted by Gasteiger charge is 2.21. The summed E-state index contributed by atoms with van der Waals surface area (Å²) in [5.74, 6) is 0.493. The van der Waals surface area contributed by atoms with Crippen molar-refractivity contribution in [3.05, 3.63) is 47.3 Å². The Labute approximate surface area is 160 Å². The number of benzene rings is 1. The maximum absolute atomic E-state index is 12.2. The Hall–Kier alpha value is -2.63. The van der Waals surface area contributed by atoms with Crippen LogP contribution < -0.4 is 10.2 Å². The number of aromatic nitrogens is 2. The number of carbonyl (C=O) groups is 2. The molecule has 1 fully saturated rings. The molecule has 3 rings (SSSR count). The number of aryl methyl sites for hydroxylation is 2. The number of nitrogens with one attached hydrogen (secondary N) is 1. The molecule has 0 spiro atoms. The zero-order valence-corrected chi connectivity index (χ0v) is 16.4. The van der Waals surface area contributed by atoms with Crippen molar-refractivity contribution in [1.29, 1.82) is 0 Å². The van der Waals surface area contributed by atoms with Gasteiger partial charge in [0.05, 0.1) is 12.1 Å². The van der Waals surface area contributed by atoms with E-state index >= 15 is 0 Å². The first-order chi connectivity index (χ1) is 12.9. The van der Waals surface area contributed by atoms with Gasteiger partial charge in [-0.2, -0.15) is 5.10 Å². The SMILES string of the molecule is Cc1cc(C)n(C[C@@H](C)CNC(=O)Cc2ccc(N3CCCC3=O)cc2)n1. The standard InChI is InChI=1S/C21H28N4O2/c1-15(14-25-17(3)11-16(2)23-25)13-22-20(26)12-18-6-8-19(9-7-18)24-10-4-5-21(24)27/h6-9,11,15H,4-5,10,12-14H2,1-3H3,(H,22,26)/t15-/m0/s1. The molecule has 0 aliphatic carbocycles. The number of amides is 2. The molecule has 0 bridgehead atoms. The second kappa shape index (κ2) is 8.37. The van der Waals surface area contributed by atoms with Crippen LogP contribution in [0, 0.1) is 19.8 Å². The molecule has 1 saturated heterocycles. The molecule has 27 heavy (non-hydrogen) atoms. The second-order valence-corrected chi connectivity index (χ2v) is 7.51. The molecule has 1 aromatic carbocycles. The van der Waals surface area contributed by atoms with E-state index in [1.807, 2.05) is 47.7 Å². The summed E-state index contributed by atoms with van der Waals surface area (Å²) in [4.78, 5) is 25.8. The van der Waals surface area contributed by atoms with Gasteiger partial charge < -0.3 is 10.2 Å². The number of anilines is 1. The third-order valence-electron chi connectivity index (χ3n) is 4.92. The number of hydrogen-bond donors (Lipinski definition) is 1. The zero-order chi connectivity index (χ0) is 19.4. The summed E-state index contributed by atoms with van der Waals surface area (Å²) in [6.45, 7) is 8.34. The first-order valence-electron chi connectivity index (χ1n) is 9.59. The lowest BCUT2D eigenvalue weighted by Gasteiger charge is -2.16. The van der Waals surface area contributed by atoms with E-state index in [2.05, 4.69) is 23.4 Å². The quantitative estimate of drug-likeness (QED) is 0.817. The summed E-state index contributed by atoms with van der Waals surface area (Å²) in [6, 6.07) is 9.78. The highest BCUT2D eigenvalue weighted by atomic mass is 16.2. The van der Waals surface area contributed by atoms with Crippen LogP contribution in [0.5, 0.6) is 0 Å². The monoisotopic (exact) mass is 368 g/mol. The minimum absolute atomic E-state index is 0.0141. The van der Waals surface area contributed by atoms with E-state index in [0.29, 0.717) is 25.3 Å². The van der Waals surface area contributed by atoms with Crippen LogP contribution in [0.3, 0.4) is 0 Å². The first kappa shape index (κ1) is 19.1. The van der Waals surface area contributed by atoms with Crippen molar-refractivity contribution >= 4 is 17.5 Å². The van der Waals surface area contributed by atoms with Crippen LogP contribution in [-0.2, 0) is 22.6 Å². The van der Waals surface area contributed by atoms with Crippen LogP contribution >= 0.6 is 0 Å². The fraction of sp³-hybridized carbons (Fsp3) is 0.476. The van der Waals surface area contributed by atoms with E-state index in [1.165, 1.54) is 0 Å². The molecule has 1 atom stereocenters. The molecule has 0 radical (unpaired) electrons. The van der Waals surface area contributed by atoms with Crippen LogP contribution in [0.1, 0.15) is 36.7 Å². The lowest BCUT2D eigenvalue weighted by atomic mass is 10.1. The Balaban J connectivity index is 1.46. The fourth-order valence-electron chi connectivity index (χ4n) is 3.47. The van der Waals surface area contributed by atoms with Gasteiger partial charge in [-0.1, -0.05) is 19.1 Å². The maximum Gasteiger partial charge on any atom is 0.227 e. The molecule has 1 N–H and O–H groups in total. The summed E-state index contributed by atoms with van der Waals surface area (Å²) < 4.78 is 1.99. The van der Waals surface area contributed by atoms with Crippen LogP contribution in [-0.4, -0.2) is 34.7 Å². The third kappa shape index (κ3) is 4.96. The van der Waals surface area contributed by atoms with Gasteiger partial charge in [-0.15, -0.1) is 0 Å². The summed E-state index contributed by atoms with van der Waals surface area (Å²) >= 11 is 0. The Morgan fingerprint density at radius 2 is 2.00 bits per heavy atom. The van der Waals surface area contributed by atoms with Gasteiger partial charge in [0.2, 0.25) is 11.8 Å². The van der Waals surface area contributed by atoms with Crippen molar-refractivity contribution in [1.82, 2.24) is 15.1 Å². The predicted molar refractivity (Wildman–Crippen MR) is 106 cm³/mol. The van der Waals surface area contributed by atoms with Crippen LogP contribution in [0.2, 0.25) is 0 Å². The average Bonchev–Trinajstić information content (AvgIpc) is 3.19. The van der Waals surface area contributed by atoms with E-state index in [1.54, 1.807) is 0 Å². The smallest absolute Gasteiger partial charge is 0.227 e. The van der Waals surface area contributed by atoms with Gasteiger partial charge in [0.1, 0.15) is 0 Å². The fourth-order valence-corrected chi connectivity index (χ4v) is 3.47. The van der Waals surface area contributed by atoms with Gasteiger partial charge in [-0.25, -0.2) is 0 Å². The van der Waals surface area contributed by atoms with Crippen LogP contribution in [0.15, 0.2) is 30.3 Å². The maximum atomic E-state index is 12.2. The predicted octanol–water partition coefficient (Wildman–Crippen LogP) is 2.62. The molecule has 6 heteroatoms. The lowest BCUT2D eigenvalue weighted by molar-refractivity contribution is -0.120. The number of hydrogen-bond acceptors (Lipinski definition) is 3. The molecule has 2 aromatic rings. The Morgan fingerprint density at radius 3 is 2.59 bits per heavy atom. The molecular weight excluding hydrogens is 340 g/mol. The molecule has 144 valence electrons. The molecule has 1 aliphatic rings. The Kier molecular flexibility index (Phi) is 5.94. The molecule has 2 heterocycles. The van der Waals surface area contributed by atoms with E-state index in [9.17, 15) is 9.59 Å². The summed E-state index contributed by atoms with van der Waals surface area (Å²) in [5.41, 5.74) is 4.03. The van der Waals surface area contributed by atoms with Crippen molar-refractivity contribution in [3.8, 4) is 0 Å². The minimum Gasteiger partial charge on any atom is -0.355 e. The van der Waals surface area contributed by atoms with Gasteiger partial charge in [-0.3, -0.25) is 14.3 Å². The Bertz CT molecular complexity index is 810. The number of rotatable bonds is 7. The minimum atomic E-state index is 0.0141. The van der Waals surface area contributed by atoms with Crippen molar-refractivity contribution < 1.29 is 9.59 Å². The van der Waals surface area contributed by atoms with Gasteiger partial charge in [0.15, 0.2) is 0 Å². The normalized spacial score (nSPS) is 15.2.